The van der Waals surface area contributed by atoms with Gasteiger partial charge >= 0.3 is 0 Å². The lowest BCUT2D eigenvalue weighted by atomic mass is 9.82. The third kappa shape index (κ3) is 10.1. The van der Waals surface area contributed by atoms with Crippen molar-refractivity contribution < 1.29 is 0 Å². The Bertz CT molecular complexity index is 7640. The van der Waals surface area contributed by atoms with Crippen LogP contribution in [0.2, 0.25) is 0 Å². The summed E-state index contributed by atoms with van der Waals surface area (Å²) in [5.74, 6) is 0. The van der Waals surface area contributed by atoms with E-state index in [0.29, 0.717) is 0 Å². The van der Waals surface area contributed by atoms with Gasteiger partial charge in [0.2, 0.25) is 0 Å². The van der Waals surface area contributed by atoms with E-state index in [0.717, 1.165) is 0 Å². The van der Waals surface area contributed by atoms with Crippen LogP contribution in [0, 0.1) is 41.5 Å². The highest BCUT2D eigenvalue weighted by Gasteiger charge is 2.34. The fourth-order valence-corrected chi connectivity index (χ4v) is 20.6. The van der Waals surface area contributed by atoms with E-state index in [2.05, 4.69) is 406 Å². The zero-order chi connectivity index (χ0) is 77.3. The van der Waals surface area contributed by atoms with Crippen LogP contribution in [0.1, 0.15) is 33.4 Å². The van der Waals surface area contributed by atoms with Gasteiger partial charge in [0, 0.05) is 0 Å². The Kier molecular flexibility index (Phi) is 15.2. The first-order valence-corrected chi connectivity index (χ1v) is 40.9. The lowest BCUT2D eigenvalue weighted by Crippen LogP contribution is -1.93. The van der Waals surface area contributed by atoms with E-state index in [1.54, 1.807) is 0 Å². The smallest absolute Gasteiger partial charge is 0.000718 e. The van der Waals surface area contributed by atoms with Gasteiger partial charge in [-0.05, 0) is 305 Å². The number of fused-ring (bicyclic) bond motifs is 15. The molecule has 0 saturated carbocycles. The van der Waals surface area contributed by atoms with Gasteiger partial charge in [-0.3, -0.25) is 0 Å². The summed E-state index contributed by atoms with van der Waals surface area (Å²) in [4.78, 5) is 0. The minimum absolute atomic E-state index is 1.27. The van der Waals surface area contributed by atoms with E-state index in [-0.39, 0.29) is 0 Å². The van der Waals surface area contributed by atoms with Crippen molar-refractivity contribution in [2.24, 2.45) is 0 Å². The summed E-state index contributed by atoms with van der Waals surface area (Å²) in [5, 5.41) is 37.6. The molecule has 0 aliphatic heterocycles. The van der Waals surface area contributed by atoms with Crippen LogP contribution in [-0.4, -0.2) is 0 Å². The molecule has 0 heterocycles. The van der Waals surface area contributed by atoms with Crippen molar-refractivity contribution in [3.8, 4) is 89.0 Å². The average molecular weight is 1470 g/mol. The van der Waals surface area contributed by atoms with Gasteiger partial charge in [0.1, 0.15) is 0 Å². The third-order valence-electron chi connectivity index (χ3n) is 25.9. The van der Waals surface area contributed by atoms with E-state index >= 15 is 0 Å². The molecule has 24 aromatic carbocycles. The summed E-state index contributed by atoms with van der Waals surface area (Å²) in [5.41, 5.74) is 28.8. The standard InChI is InChI=1S/C44H28.C40H26.C32H24/c1-25-13-17-28(18-14-25)39-32-9-3-4-10-33(32)40(29-19-15-26(2)16-20-29)44-37-24-22-35-31-12-6-8-27-7-5-11-30(38(27)31)34-21-23-36(43(39)44)42(37)41(34)35;1-23-19-21-31-35-27(23)15-9-17-29(35)37-33(25-11-5-3-6-12-25)40-32-22-20-24(2)28-16-10-18-30(36(28)32)38(40)34(39(31)37)26-13-7-4-8-14-26;1-21-11-15-23(16-12-21)31-27-9-5-6-10-28(27)32(24-17-13-22(2)14-18-24)30-20-26-8-4-3-7-25(26)19-29(30)31/h3-24H,1-2H3;3-22H,1-2H3;3-20H,1-2H3. The number of benzene rings is 22. The zero-order valence-electron chi connectivity index (χ0n) is 65.6. The maximum absolute atomic E-state index is 2.41. The summed E-state index contributed by atoms with van der Waals surface area (Å²) >= 11 is 0. The van der Waals surface area contributed by atoms with Gasteiger partial charge in [-0.25, -0.2) is 0 Å². The molecule has 0 spiro atoms. The van der Waals surface area contributed by atoms with Crippen molar-refractivity contribution in [1.82, 2.24) is 0 Å². The molecular formula is C116H78. The number of hydrogen-bond acceptors (Lipinski definition) is 0. The quantitative estimate of drug-likeness (QED) is 0.115. The molecule has 0 saturated heterocycles. The van der Waals surface area contributed by atoms with E-state index in [4.69, 9.17) is 0 Å². The molecule has 0 amide bonds. The molecule has 0 atom stereocenters. The minimum Gasteiger partial charge on any atom is -0.0622 e. The van der Waals surface area contributed by atoms with Gasteiger partial charge in [-0.15, -0.1) is 0 Å². The molecule has 0 nitrogen and oxygen atoms in total. The summed E-state index contributed by atoms with van der Waals surface area (Å²) < 4.78 is 0. The Labute approximate surface area is 674 Å². The molecule has 0 aromatic heterocycles. The third-order valence-corrected chi connectivity index (χ3v) is 25.9. The van der Waals surface area contributed by atoms with Crippen LogP contribution in [0.5, 0.6) is 0 Å². The second-order valence-electron chi connectivity index (χ2n) is 32.6. The molecule has 0 bridgehead atoms. The van der Waals surface area contributed by atoms with Gasteiger partial charge in [0.05, 0.1) is 0 Å². The largest absolute Gasteiger partial charge is 0.0622 e. The van der Waals surface area contributed by atoms with Gasteiger partial charge in [0.15, 0.2) is 0 Å². The maximum Gasteiger partial charge on any atom is -0.000718 e. The van der Waals surface area contributed by atoms with E-state index < -0.39 is 0 Å². The van der Waals surface area contributed by atoms with Crippen LogP contribution in [0.15, 0.2) is 364 Å². The van der Waals surface area contributed by atoms with E-state index in [1.165, 1.54) is 273 Å². The van der Waals surface area contributed by atoms with E-state index in [9.17, 15) is 0 Å². The fraction of sp³-hybridized carbons (Fsp3) is 0.0517. The average Bonchev–Trinajstić information content (AvgIpc) is 1.53. The molecular weight excluding hydrogens is 1390 g/mol. The van der Waals surface area contributed by atoms with E-state index in [1.807, 2.05) is 0 Å². The topological polar surface area (TPSA) is 0 Å². The first kappa shape index (κ1) is 67.4. The molecule has 0 heteroatoms. The van der Waals surface area contributed by atoms with Crippen LogP contribution in [0.4, 0.5) is 0 Å². The molecule has 25 rings (SSSR count). The molecule has 116 heavy (non-hydrogen) atoms. The highest BCUT2D eigenvalue weighted by atomic mass is 14.4. The molecule has 0 N–H and O–H groups in total. The Morgan fingerprint density at radius 1 is 0.129 bits per heavy atom. The summed E-state index contributed by atoms with van der Waals surface area (Å²) in [7, 11) is 0. The van der Waals surface area contributed by atoms with Crippen LogP contribution < -0.4 is 0 Å². The number of rotatable bonds is 6. The van der Waals surface area contributed by atoms with Crippen molar-refractivity contribution >= 4 is 151 Å². The number of aryl methyl sites for hydroxylation is 6. The maximum atomic E-state index is 2.41. The Morgan fingerprint density at radius 3 is 0.793 bits per heavy atom. The molecule has 1 aliphatic rings. The first-order chi connectivity index (χ1) is 57.1. The lowest BCUT2D eigenvalue weighted by molar-refractivity contribution is 1.47. The van der Waals surface area contributed by atoms with Crippen LogP contribution >= 0.6 is 0 Å². The Balaban J connectivity index is 0.000000104. The molecule has 0 unspecified atom stereocenters. The predicted molar refractivity (Wildman–Crippen MR) is 503 cm³/mol. The molecule has 542 valence electrons. The summed E-state index contributed by atoms with van der Waals surface area (Å²) in [6.07, 6.45) is 0. The Morgan fingerprint density at radius 2 is 0.405 bits per heavy atom. The first-order valence-electron chi connectivity index (χ1n) is 40.9. The molecule has 0 fully saturated rings. The zero-order valence-corrected chi connectivity index (χ0v) is 65.6. The van der Waals surface area contributed by atoms with Gasteiger partial charge in [0.25, 0.3) is 0 Å². The SMILES string of the molecule is Cc1ccc(-c2c3c(c(-c4ccc(C)cc4)c4ccccc24)-c2ccc4c5cccc6cccc(c7ccc-3c2c74)c65)cc1.Cc1ccc(-c2c3ccccc3c(-c3ccc(C)cc3)c3cc4ccccc4cc23)cc1.Cc1ccc2c3c(-c4ccccc4)c4c5cccc6c(C)ccc(c4c(-c4ccccc4)c3c3cccc1c32)c65. The monoisotopic (exact) mass is 1470 g/mol. The van der Waals surface area contributed by atoms with Crippen LogP contribution in [-0.2, 0) is 0 Å². The molecule has 0 radical (unpaired) electrons. The predicted octanol–water partition coefficient (Wildman–Crippen LogP) is 33.0. The molecule has 24 aromatic rings. The highest BCUT2D eigenvalue weighted by molar-refractivity contribution is 6.47. The van der Waals surface area contributed by atoms with Crippen LogP contribution in [0.25, 0.3) is 240 Å². The number of hydrogen-bond donors (Lipinski definition) is 0. The molecule has 1 aliphatic carbocycles. The highest BCUT2D eigenvalue weighted by Crippen LogP contribution is 2.61. The lowest BCUT2D eigenvalue weighted by Gasteiger charge is -2.20. The normalized spacial score (nSPS) is 12.1. The minimum atomic E-state index is 1.27. The Hall–Kier alpha value is -14.3. The second-order valence-corrected chi connectivity index (χ2v) is 32.6. The van der Waals surface area contributed by atoms with Crippen LogP contribution in [0.3, 0.4) is 0 Å². The van der Waals surface area contributed by atoms with Crippen molar-refractivity contribution in [2.45, 2.75) is 41.5 Å². The van der Waals surface area contributed by atoms with Crippen molar-refractivity contribution in [1.29, 1.82) is 0 Å². The van der Waals surface area contributed by atoms with Crippen molar-refractivity contribution in [2.75, 3.05) is 0 Å². The van der Waals surface area contributed by atoms with Crippen molar-refractivity contribution in [3.05, 3.63) is 397 Å². The fourth-order valence-electron chi connectivity index (χ4n) is 20.6. The van der Waals surface area contributed by atoms with Crippen molar-refractivity contribution in [3.63, 3.8) is 0 Å². The van der Waals surface area contributed by atoms with Gasteiger partial charge < -0.3 is 0 Å². The van der Waals surface area contributed by atoms with Gasteiger partial charge in [-0.1, -0.05) is 374 Å². The summed E-state index contributed by atoms with van der Waals surface area (Å²) in [6, 6.07) is 136. The second kappa shape index (κ2) is 26.1. The van der Waals surface area contributed by atoms with Gasteiger partial charge in [-0.2, -0.15) is 0 Å². The summed E-state index contributed by atoms with van der Waals surface area (Å²) in [6.45, 7) is 13.1.